The van der Waals surface area contributed by atoms with Crippen molar-refractivity contribution in [2.75, 3.05) is 23.7 Å². The summed E-state index contributed by atoms with van der Waals surface area (Å²) >= 11 is 0. The van der Waals surface area contributed by atoms with Gasteiger partial charge in [-0.15, -0.1) is 0 Å². The predicted octanol–water partition coefficient (Wildman–Crippen LogP) is 3.97. The SMILES string of the molecule is Cc1cc(NC(=O)c2ccc(C(=O)Nc3ccc(CN=C(N)N)cc3)cc2)ccc1C1=CCN(C=N)CC1. The molecule has 7 N–H and O–H groups in total. The molecule has 1 aliphatic heterocycles. The molecule has 1 aliphatic rings. The van der Waals surface area contributed by atoms with Crippen LogP contribution < -0.4 is 22.1 Å². The first kappa shape index (κ1) is 26.2. The van der Waals surface area contributed by atoms with Crippen LogP contribution >= 0.6 is 0 Å². The van der Waals surface area contributed by atoms with Crippen molar-refractivity contribution < 1.29 is 9.59 Å². The zero-order valence-electron chi connectivity index (χ0n) is 21.2. The molecular weight excluding hydrogens is 478 g/mol. The number of nitrogens with one attached hydrogen (secondary N) is 3. The van der Waals surface area contributed by atoms with Crippen molar-refractivity contribution in [1.82, 2.24) is 4.90 Å². The highest BCUT2D eigenvalue weighted by molar-refractivity contribution is 6.07. The van der Waals surface area contributed by atoms with Gasteiger partial charge < -0.3 is 27.0 Å². The molecule has 0 aromatic heterocycles. The van der Waals surface area contributed by atoms with Gasteiger partial charge in [-0.3, -0.25) is 15.0 Å². The van der Waals surface area contributed by atoms with Crippen molar-refractivity contribution >= 4 is 41.1 Å². The van der Waals surface area contributed by atoms with Gasteiger partial charge in [-0.1, -0.05) is 24.3 Å². The zero-order chi connectivity index (χ0) is 27.1. The lowest BCUT2D eigenvalue weighted by molar-refractivity contribution is 0.101. The lowest BCUT2D eigenvalue weighted by Crippen LogP contribution is -2.26. The molecule has 194 valence electrons. The molecular formula is C29H31N7O2. The first-order valence-corrected chi connectivity index (χ1v) is 12.2. The normalized spacial score (nSPS) is 12.8. The van der Waals surface area contributed by atoms with Gasteiger partial charge in [0, 0.05) is 35.6 Å². The minimum atomic E-state index is -0.277. The Morgan fingerprint density at radius 1 is 0.947 bits per heavy atom. The van der Waals surface area contributed by atoms with Crippen LogP contribution in [0.15, 0.2) is 77.8 Å². The summed E-state index contributed by atoms with van der Waals surface area (Å²) in [5, 5.41) is 13.2. The van der Waals surface area contributed by atoms with Gasteiger partial charge in [-0.05, 0) is 84.1 Å². The summed E-state index contributed by atoms with van der Waals surface area (Å²) in [5.74, 6) is -0.502. The molecule has 38 heavy (non-hydrogen) atoms. The standard InChI is InChI=1S/C29H31N7O2/c1-19-16-25(10-11-26(19)21-12-14-36(18-30)15-13-21)35-28(38)23-6-4-22(5-7-23)27(37)34-24-8-2-20(3-9-24)17-33-29(31)32/h2-12,16,18,30H,13-15,17H2,1H3,(H,34,37)(H,35,38)(H4,31,32,33). The summed E-state index contributed by atoms with van der Waals surface area (Å²) < 4.78 is 0. The van der Waals surface area contributed by atoms with Gasteiger partial charge in [0.25, 0.3) is 11.8 Å². The molecule has 2 amide bonds. The quantitative estimate of drug-likeness (QED) is 0.230. The van der Waals surface area contributed by atoms with Gasteiger partial charge in [0.05, 0.1) is 12.9 Å². The summed E-state index contributed by atoms with van der Waals surface area (Å²) in [5.41, 5.74) is 17.3. The number of aliphatic imine (C=N–C) groups is 1. The maximum atomic E-state index is 12.8. The van der Waals surface area contributed by atoms with Crippen molar-refractivity contribution in [2.24, 2.45) is 16.5 Å². The highest BCUT2D eigenvalue weighted by Gasteiger charge is 2.14. The molecule has 0 atom stereocenters. The maximum Gasteiger partial charge on any atom is 0.255 e. The van der Waals surface area contributed by atoms with Gasteiger partial charge in [0.15, 0.2) is 5.96 Å². The minimum absolute atomic E-state index is 0.0256. The molecule has 4 rings (SSSR count). The third-order valence-electron chi connectivity index (χ3n) is 6.32. The predicted molar refractivity (Wildman–Crippen MR) is 152 cm³/mol. The molecule has 1 heterocycles. The summed E-state index contributed by atoms with van der Waals surface area (Å²) in [6.45, 7) is 3.96. The molecule has 9 nitrogen and oxygen atoms in total. The van der Waals surface area contributed by atoms with Crippen LogP contribution in [-0.4, -0.2) is 42.1 Å². The number of benzene rings is 3. The van der Waals surface area contributed by atoms with Crippen LogP contribution in [0.3, 0.4) is 0 Å². The van der Waals surface area contributed by atoms with Gasteiger partial charge in [-0.25, -0.2) is 4.99 Å². The Morgan fingerprint density at radius 2 is 1.55 bits per heavy atom. The van der Waals surface area contributed by atoms with E-state index in [1.807, 2.05) is 42.2 Å². The number of guanidine groups is 1. The van der Waals surface area contributed by atoms with Gasteiger partial charge in [0.2, 0.25) is 0 Å². The van der Waals surface area contributed by atoms with Gasteiger partial charge >= 0.3 is 0 Å². The highest BCUT2D eigenvalue weighted by atomic mass is 16.2. The Labute approximate surface area is 221 Å². The summed E-state index contributed by atoms with van der Waals surface area (Å²) in [7, 11) is 0. The van der Waals surface area contributed by atoms with Crippen molar-refractivity contribution in [1.29, 1.82) is 5.41 Å². The molecule has 0 aliphatic carbocycles. The van der Waals surface area contributed by atoms with E-state index < -0.39 is 0 Å². The topological polar surface area (TPSA) is 150 Å². The summed E-state index contributed by atoms with van der Waals surface area (Å²) in [4.78, 5) is 31.4. The number of carbonyl (C=O) groups is 2. The molecule has 0 radical (unpaired) electrons. The summed E-state index contributed by atoms with van der Waals surface area (Å²) in [6, 6.07) is 19.6. The fourth-order valence-electron chi connectivity index (χ4n) is 4.20. The van der Waals surface area contributed by atoms with Crippen LogP contribution in [0, 0.1) is 12.3 Å². The molecule has 0 saturated carbocycles. The second kappa shape index (κ2) is 11.9. The first-order valence-electron chi connectivity index (χ1n) is 12.2. The number of amides is 2. The van der Waals surface area contributed by atoms with Crippen LogP contribution in [0.4, 0.5) is 11.4 Å². The van der Waals surface area contributed by atoms with E-state index >= 15 is 0 Å². The molecule has 3 aromatic carbocycles. The molecule has 9 heteroatoms. The van der Waals surface area contributed by atoms with E-state index in [9.17, 15) is 9.59 Å². The fraction of sp³-hybridized carbons (Fsp3) is 0.172. The average Bonchev–Trinajstić information content (AvgIpc) is 2.93. The van der Waals surface area contributed by atoms with Gasteiger partial charge in [-0.2, -0.15) is 0 Å². The van der Waals surface area contributed by atoms with E-state index in [0.29, 0.717) is 29.0 Å². The monoisotopic (exact) mass is 509 g/mol. The Balaban J connectivity index is 1.35. The van der Waals surface area contributed by atoms with E-state index in [2.05, 4.69) is 21.7 Å². The van der Waals surface area contributed by atoms with Crippen molar-refractivity contribution in [3.05, 3.63) is 101 Å². The second-order valence-electron chi connectivity index (χ2n) is 9.06. The lowest BCUT2D eigenvalue weighted by atomic mass is 9.95. The second-order valence-corrected chi connectivity index (χ2v) is 9.06. The van der Waals surface area contributed by atoms with E-state index in [1.54, 1.807) is 36.4 Å². The number of anilines is 2. The Kier molecular flexibility index (Phi) is 8.17. The number of nitrogens with two attached hydrogens (primary N) is 2. The van der Waals surface area contributed by atoms with Crippen LogP contribution in [0.2, 0.25) is 0 Å². The molecule has 0 fully saturated rings. The van der Waals surface area contributed by atoms with Gasteiger partial charge in [0.1, 0.15) is 0 Å². The third kappa shape index (κ3) is 6.64. The Hall–Kier alpha value is -4.92. The molecule has 0 unspecified atom stereocenters. The number of hydrogen-bond acceptors (Lipinski definition) is 4. The van der Waals surface area contributed by atoms with Crippen molar-refractivity contribution in [2.45, 2.75) is 19.9 Å². The lowest BCUT2D eigenvalue weighted by Gasteiger charge is -2.24. The third-order valence-corrected chi connectivity index (χ3v) is 6.32. The maximum absolute atomic E-state index is 12.8. The molecule has 3 aromatic rings. The smallest absolute Gasteiger partial charge is 0.255 e. The van der Waals surface area contributed by atoms with Crippen LogP contribution in [0.25, 0.3) is 5.57 Å². The van der Waals surface area contributed by atoms with Crippen LogP contribution in [0.5, 0.6) is 0 Å². The number of aryl methyl sites for hydroxylation is 1. The number of nitrogens with zero attached hydrogens (tertiary/aromatic N) is 2. The summed E-state index contributed by atoms with van der Waals surface area (Å²) in [6.07, 6.45) is 4.40. The first-order chi connectivity index (χ1) is 18.3. The number of hydrogen-bond donors (Lipinski definition) is 5. The fourth-order valence-corrected chi connectivity index (χ4v) is 4.20. The van der Waals surface area contributed by atoms with Crippen LogP contribution in [-0.2, 0) is 6.54 Å². The average molecular weight is 510 g/mol. The Morgan fingerprint density at radius 3 is 2.08 bits per heavy atom. The largest absolute Gasteiger partial charge is 0.370 e. The van der Waals surface area contributed by atoms with Crippen molar-refractivity contribution in [3.63, 3.8) is 0 Å². The van der Waals surface area contributed by atoms with Crippen LogP contribution in [0.1, 0.15) is 43.8 Å². The molecule has 0 bridgehead atoms. The highest BCUT2D eigenvalue weighted by Crippen LogP contribution is 2.27. The van der Waals surface area contributed by atoms with E-state index in [1.165, 1.54) is 11.9 Å². The number of carbonyl (C=O) groups excluding carboxylic acids is 2. The van der Waals surface area contributed by atoms with Crippen molar-refractivity contribution in [3.8, 4) is 0 Å². The minimum Gasteiger partial charge on any atom is -0.370 e. The number of rotatable bonds is 8. The Bertz CT molecular complexity index is 1390. The van der Waals surface area contributed by atoms with E-state index in [4.69, 9.17) is 16.9 Å². The zero-order valence-corrected chi connectivity index (χ0v) is 21.2. The van der Waals surface area contributed by atoms with E-state index in [-0.39, 0.29) is 17.8 Å². The molecule has 0 spiro atoms. The van der Waals surface area contributed by atoms with E-state index in [0.717, 1.165) is 36.2 Å². The molecule has 0 saturated heterocycles.